The third-order valence-electron chi connectivity index (χ3n) is 10.4. The molecule has 2 amide bonds. The number of ether oxygens (including phenoxy) is 4. The highest BCUT2D eigenvalue weighted by Gasteiger charge is 2.57. The molecule has 3 rings (SSSR count). The van der Waals surface area contributed by atoms with E-state index in [9.17, 15) is 28.8 Å². The molecule has 12 heteroatoms. The van der Waals surface area contributed by atoms with Gasteiger partial charge in [0.15, 0.2) is 23.3 Å². The minimum Gasteiger partial charge on any atom is -0.489 e. The molecular weight excluding hydrogens is 765 g/mol. The summed E-state index contributed by atoms with van der Waals surface area (Å²) in [7, 11) is 0. The number of rotatable bonds is 22. The number of cyclic esters (lactones) is 1. The van der Waals surface area contributed by atoms with Gasteiger partial charge in [-0.05, 0) is 82.3 Å². The minimum atomic E-state index is -1.68. The number of anilines is 2. The Labute approximate surface area is 357 Å². The van der Waals surface area contributed by atoms with E-state index >= 15 is 0 Å². The SMILES string of the molecule is CCCCCCCCCCCCC(Oc1ccc(OC(C)=O)c(C(C)(C)C)c1)C(=O)Nc1ccc(OC(C)C)c(NC(=O)C(C(=O)C(C)(C)C)C2C(=O)OC(C)(C)C2=O)c1. The van der Waals surface area contributed by atoms with Gasteiger partial charge in [-0.25, -0.2) is 0 Å². The Morgan fingerprint density at radius 3 is 1.87 bits per heavy atom. The van der Waals surface area contributed by atoms with Crippen molar-refractivity contribution in [3.63, 3.8) is 0 Å². The topological polar surface area (TPSA) is 163 Å². The van der Waals surface area contributed by atoms with Crippen LogP contribution in [-0.2, 0) is 38.9 Å². The fourth-order valence-electron chi connectivity index (χ4n) is 7.16. The van der Waals surface area contributed by atoms with Crippen molar-refractivity contribution in [3.8, 4) is 17.2 Å². The summed E-state index contributed by atoms with van der Waals surface area (Å²) >= 11 is 0. The largest absolute Gasteiger partial charge is 0.489 e. The van der Waals surface area contributed by atoms with Crippen LogP contribution in [0.2, 0.25) is 0 Å². The molecule has 1 aliphatic heterocycles. The zero-order valence-corrected chi connectivity index (χ0v) is 38.1. The van der Waals surface area contributed by atoms with Crippen LogP contribution in [0.15, 0.2) is 36.4 Å². The summed E-state index contributed by atoms with van der Waals surface area (Å²) in [5, 5.41) is 5.69. The molecule has 1 aliphatic rings. The molecule has 2 N–H and O–H groups in total. The second-order valence-electron chi connectivity index (χ2n) is 18.8. The van der Waals surface area contributed by atoms with Gasteiger partial charge in [-0.15, -0.1) is 0 Å². The van der Waals surface area contributed by atoms with Gasteiger partial charge in [0, 0.05) is 23.6 Å². The van der Waals surface area contributed by atoms with Crippen molar-refractivity contribution >= 4 is 46.7 Å². The van der Waals surface area contributed by atoms with Gasteiger partial charge in [0.1, 0.15) is 29.1 Å². The zero-order chi connectivity index (χ0) is 45.0. The lowest BCUT2D eigenvalue weighted by molar-refractivity contribution is -0.153. The maximum Gasteiger partial charge on any atom is 0.318 e. The molecule has 0 saturated carbocycles. The quantitative estimate of drug-likeness (QED) is 0.0505. The molecule has 0 aliphatic carbocycles. The van der Waals surface area contributed by atoms with Crippen LogP contribution in [0.3, 0.4) is 0 Å². The molecule has 1 saturated heterocycles. The first-order valence-corrected chi connectivity index (χ1v) is 21.7. The van der Waals surface area contributed by atoms with Gasteiger partial charge in [-0.3, -0.25) is 28.8 Å². The number of amides is 2. The number of carbonyl (C=O) groups is 6. The molecular formula is C48H70N2O10. The second-order valence-corrected chi connectivity index (χ2v) is 18.8. The van der Waals surface area contributed by atoms with Gasteiger partial charge in [0.2, 0.25) is 5.91 Å². The third kappa shape index (κ3) is 14.5. The number of carbonyl (C=O) groups excluding carboxylic acids is 6. The van der Waals surface area contributed by atoms with Gasteiger partial charge in [-0.1, -0.05) is 106 Å². The second kappa shape index (κ2) is 21.7. The van der Waals surface area contributed by atoms with Crippen molar-refractivity contribution < 1.29 is 47.7 Å². The Bertz CT molecular complexity index is 1830. The lowest BCUT2D eigenvalue weighted by Gasteiger charge is -2.27. The Morgan fingerprint density at radius 2 is 1.35 bits per heavy atom. The monoisotopic (exact) mass is 835 g/mol. The normalized spacial score (nSPS) is 16.2. The van der Waals surface area contributed by atoms with Crippen LogP contribution in [0.1, 0.15) is 159 Å². The van der Waals surface area contributed by atoms with Crippen LogP contribution in [0.25, 0.3) is 0 Å². The van der Waals surface area contributed by atoms with E-state index in [1.165, 1.54) is 65.4 Å². The Hall–Kier alpha value is -4.74. The van der Waals surface area contributed by atoms with Crippen LogP contribution in [-0.4, -0.2) is 53.1 Å². The van der Waals surface area contributed by atoms with Crippen molar-refractivity contribution in [2.24, 2.45) is 17.3 Å². The molecule has 60 heavy (non-hydrogen) atoms. The number of ketones is 2. The van der Waals surface area contributed by atoms with E-state index < -0.39 is 69.7 Å². The first kappa shape index (κ1) is 49.6. The number of benzene rings is 2. The van der Waals surface area contributed by atoms with Crippen LogP contribution in [0.5, 0.6) is 17.2 Å². The maximum absolute atomic E-state index is 14.2. The average molecular weight is 835 g/mol. The summed E-state index contributed by atoms with van der Waals surface area (Å²) in [6.45, 7) is 20.9. The summed E-state index contributed by atoms with van der Waals surface area (Å²) in [5.74, 6) is -6.15. The lowest BCUT2D eigenvalue weighted by Crippen LogP contribution is -2.46. The predicted octanol–water partition coefficient (Wildman–Crippen LogP) is 10.1. The highest BCUT2D eigenvalue weighted by atomic mass is 16.6. The summed E-state index contributed by atoms with van der Waals surface area (Å²) in [6, 6.07) is 9.88. The summed E-state index contributed by atoms with van der Waals surface area (Å²) in [5.41, 5.74) is -1.82. The van der Waals surface area contributed by atoms with E-state index in [4.69, 9.17) is 18.9 Å². The molecule has 0 radical (unpaired) electrons. The van der Waals surface area contributed by atoms with Gasteiger partial charge in [0.05, 0.1) is 11.8 Å². The number of nitrogens with one attached hydrogen (secondary N) is 2. The van der Waals surface area contributed by atoms with Gasteiger partial charge in [-0.2, -0.15) is 0 Å². The number of Topliss-reactive ketones (excluding diaryl/α,β-unsaturated/α-hetero) is 2. The molecule has 1 fully saturated rings. The van der Waals surface area contributed by atoms with Crippen LogP contribution < -0.4 is 24.8 Å². The minimum absolute atomic E-state index is 0.124. The number of unbranched alkanes of at least 4 members (excludes halogenated alkanes) is 9. The molecule has 3 unspecified atom stereocenters. The van der Waals surface area contributed by atoms with Crippen molar-refractivity contribution in [3.05, 3.63) is 42.0 Å². The Kier molecular flexibility index (Phi) is 17.9. The number of esters is 2. The molecule has 0 bridgehead atoms. The van der Waals surface area contributed by atoms with E-state index in [0.29, 0.717) is 23.6 Å². The van der Waals surface area contributed by atoms with Crippen LogP contribution in [0.4, 0.5) is 11.4 Å². The molecule has 1 heterocycles. The standard InChI is InChI=1S/C48H70N2O10/c1-13-14-15-16-17-18-19-20-21-22-23-38(59-33-25-27-36(58-31(4)51)34(29-33)46(5,6)7)43(54)49-32-24-26-37(57-30(2)3)35(28-32)50-44(55)39(41(52)47(8,9)10)40-42(53)48(11,12)60-45(40)56/h24-30,38-40H,13-23H2,1-12H3,(H,49,54)(H,50,55). The third-order valence-corrected chi connectivity index (χ3v) is 10.4. The Balaban J connectivity index is 1.93. The van der Waals surface area contributed by atoms with E-state index in [1.807, 2.05) is 34.6 Å². The summed E-state index contributed by atoms with van der Waals surface area (Å²) in [4.78, 5) is 80.4. The molecule has 0 aromatic heterocycles. The highest BCUT2D eigenvalue weighted by molar-refractivity contribution is 6.20. The summed E-state index contributed by atoms with van der Waals surface area (Å²) < 4.78 is 23.2. The molecule has 2 aromatic rings. The zero-order valence-electron chi connectivity index (χ0n) is 38.1. The Morgan fingerprint density at radius 1 is 0.767 bits per heavy atom. The van der Waals surface area contributed by atoms with E-state index in [-0.39, 0.29) is 17.5 Å². The van der Waals surface area contributed by atoms with Crippen molar-refractivity contribution in [2.45, 2.75) is 177 Å². The lowest BCUT2D eigenvalue weighted by atomic mass is 9.74. The van der Waals surface area contributed by atoms with Crippen LogP contribution in [0, 0.1) is 17.3 Å². The summed E-state index contributed by atoms with van der Waals surface area (Å²) in [6.07, 6.45) is 10.5. The van der Waals surface area contributed by atoms with E-state index in [0.717, 1.165) is 31.2 Å². The molecule has 3 atom stereocenters. The van der Waals surface area contributed by atoms with E-state index in [1.54, 1.807) is 51.1 Å². The predicted molar refractivity (Wildman–Crippen MR) is 233 cm³/mol. The maximum atomic E-state index is 14.2. The van der Waals surface area contributed by atoms with Crippen molar-refractivity contribution in [2.75, 3.05) is 10.6 Å². The van der Waals surface area contributed by atoms with Crippen molar-refractivity contribution in [1.29, 1.82) is 0 Å². The molecule has 332 valence electrons. The molecule has 12 nitrogen and oxygen atoms in total. The fourth-order valence-corrected chi connectivity index (χ4v) is 7.16. The number of hydrogen-bond donors (Lipinski definition) is 2. The smallest absolute Gasteiger partial charge is 0.318 e. The average Bonchev–Trinajstić information content (AvgIpc) is 3.33. The fraction of sp³-hybridized carbons (Fsp3) is 0.625. The molecule has 2 aromatic carbocycles. The highest BCUT2D eigenvalue weighted by Crippen LogP contribution is 2.38. The van der Waals surface area contributed by atoms with E-state index in [2.05, 4.69) is 17.6 Å². The first-order chi connectivity index (χ1) is 28.0. The van der Waals surface area contributed by atoms with Crippen LogP contribution >= 0.6 is 0 Å². The van der Waals surface area contributed by atoms with Gasteiger partial charge < -0.3 is 29.6 Å². The van der Waals surface area contributed by atoms with Gasteiger partial charge in [0.25, 0.3) is 5.91 Å². The van der Waals surface area contributed by atoms with Gasteiger partial charge >= 0.3 is 11.9 Å². The number of hydrogen-bond acceptors (Lipinski definition) is 10. The molecule has 0 spiro atoms. The first-order valence-electron chi connectivity index (χ1n) is 21.7. The van der Waals surface area contributed by atoms with Crippen molar-refractivity contribution in [1.82, 2.24) is 0 Å².